The molecule has 4 N–H and O–H groups in total. The zero-order valence-electron chi connectivity index (χ0n) is 21.4. The Balaban J connectivity index is 1.54. The molecule has 0 aromatic heterocycles. The number of hydrogen-bond donors (Lipinski definition) is 4. The van der Waals surface area contributed by atoms with Gasteiger partial charge in [0.25, 0.3) is 5.91 Å². The van der Waals surface area contributed by atoms with Crippen molar-refractivity contribution in [2.24, 2.45) is 11.8 Å². The standard InChI is InChI=1S/C26H30ClF2NO8S2/c1-39(35,36)9-8-22(31)24(32)26(34)15-3-4-16(26)12-18(11-15)40(37,38)23-10-14(2-6-19(23)27)25(33)30-17-5-7-20(28)21(29)13-17/h2,5-7,10,13,15-16,18,22,24,31-32,34H,3-4,8-9,11-12H2,1H3,(H,30,33)/t15-,16?,18?,22?,24?,26?/m0/s1. The number of amides is 1. The Kier molecular flexibility index (Phi) is 8.66. The van der Waals surface area contributed by atoms with Crippen molar-refractivity contribution < 1.29 is 45.7 Å². The van der Waals surface area contributed by atoms with Gasteiger partial charge in [0.1, 0.15) is 15.9 Å². The summed E-state index contributed by atoms with van der Waals surface area (Å²) in [6.07, 6.45) is -1.77. The summed E-state index contributed by atoms with van der Waals surface area (Å²) in [6, 6.07) is 6.39. The number of nitrogens with one attached hydrogen (secondary N) is 1. The molecule has 2 bridgehead atoms. The quantitative estimate of drug-likeness (QED) is 0.333. The lowest BCUT2D eigenvalue weighted by atomic mass is 9.69. The van der Waals surface area contributed by atoms with E-state index < -0.39 is 72.1 Å². The third kappa shape index (κ3) is 6.04. The number of anilines is 1. The molecule has 2 fully saturated rings. The van der Waals surface area contributed by atoms with Gasteiger partial charge in [-0.1, -0.05) is 11.6 Å². The highest BCUT2D eigenvalue weighted by Gasteiger charge is 2.60. The largest absolute Gasteiger partial charge is 0.390 e. The van der Waals surface area contributed by atoms with Crippen LogP contribution in [-0.4, -0.2) is 73.1 Å². The van der Waals surface area contributed by atoms with Gasteiger partial charge < -0.3 is 20.6 Å². The molecule has 2 aromatic rings. The first-order chi connectivity index (χ1) is 18.5. The zero-order valence-corrected chi connectivity index (χ0v) is 23.8. The van der Waals surface area contributed by atoms with Gasteiger partial charge >= 0.3 is 0 Å². The fourth-order valence-electron chi connectivity index (χ4n) is 5.90. The molecule has 2 aliphatic carbocycles. The van der Waals surface area contributed by atoms with Crippen molar-refractivity contribution in [3.05, 3.63) is 58.6 Å². The van der Waals surface area contributed by atoms with Gasteiger partial charge in [-0.2, -0.15) is 0 Å². The number of halogens is 3. The van der Waals surface area contributed by atoms with E-state index in [1.807, 2.05) is 0 Å². The van der Waals surface area contributed by atoms with Crippen LogP contribution in [0.4, 0.5) is 14.5 Å². The second kappa shape index (κ2) is 11.3. The maximum absolute atomic E-state index is 13.7. The molecular formula is C26H30ClF2NO8S2. The number of sulfone groups is 2. The van der Waals surface area contributed by atoms with Crippen molar-refractivity contribution in [2.75, 3.05) is 17.3 Å². The van der Waals surface area contributed by atoms with Gasteiger partial charge in [-0.05, 0) is 74.3 Å². The number of hydrogen-bond acceptors (Lipinski definition) is 8. The molecule has 14 heteroatoms. The van der Waals surface area contributed by atoms with Crippen molar-refractivity contribution in [3.63, 3.8) is 0 Å². The van der Waals surface area contributed by atoms with E-state index in [0.29, 0.717) is 12.8 Å². The van der Waals surface area contributed by atoms with Crippen LogP contribution in [0.2, 0.25) is 5.02 Å². The number of rotatable bonds is 9. The molecule has 5 unspecified atom stereocenters. The minimum atomic E-state index is -4.14. The van der Waals surface area contributed by atoms with E-state index in [-0.39, 0.29) is 46.2 Å². The fraction of sp³-hybridized carbons (Fsp3) is 0.500. The van der Waals surface area contributed by atoms with Crippen LogP contribution in [0.3, 0.4) is 0 Å². The van der Waals surface area contributed by atoms with Crippen LogP contribution in [0.25, 0.3) is 0 Å². The smallest absolute Gasteiger partial charge is 0.255 e. The molecule has 4 rings (SSSR count). The highest BCUT2D eigenvalue weighted by Crippen LogP contribution is 2.54. The average molecular weight is 622 g/mol. The summed E-state index contributed by atoms with van der Waals surface area (Å²) in [5.41, 5.74) is -1.92. The third-order valence-corrected chi connectivity index (χ3v) is 11.6. The van der Waals surface area contributed by atoms with Gasteiger partial charge in [0.05, 0.1) is 32.6 Å². The molecule has 6 atom stereocenters. The summed E-state index contributed by atoms with van der Waals surface area (Å²) >= 11 is 6.24. The number of fused-ring (bicyclic) bond motifs is 2. The molecular weight excluding hydrogens is 592 g/mol. The Labute approximate surface area is 236 Å². The number of carbonyl (C=O) groups excluding carboxylic acids is 1. The summed E-state index contributed by atoms with van der Waals surface area (Å²) in [6.45, 7) is 0. The van der Waals surface area contributed by atoms with Crippen LogP contribution in [0.15, 0.2) is 41.3 Å². The maximum Gasteiger partial charge on any atom is 0.255 e. The molecule has 2 aromatic carbocycles. The Hall–Kier alpha value is -2.16. The van der Waals surface area contributed by atoms with E-state index in [4.69, 9.17) is 11.6 Å². The van der Waals surface area contributed by atoms with E-state index in [1.165, 1.54) is 12.1 Å². The van der Waals surface area contributed by atoms with Crippen LogP contribution in [0.1, 0.15) is 42.5 Å². The third-order valence-electron chi connectivity index (χ3n) is 8.01. The van der Waals surface area contributed by atoms with Gasteiger partial charge in [-0.25, -0.2) is 25.6 Å². The predicted octanol–water partition coefficient (Wildman–Crippen LogP) is 2.72. The summed E-state index contributed by atoms with van der Waals surface area (Å²) in [5.74, 6) is -4.80. The zero-order chi connectivity index (χ0) is 29.6. The van der Waals surface area contributed by atoms with Crippen LogP contribution in [-0.2, 0) is 19.7 Å². The molecule has 40 heavy (non-hydrogen) atoms. The summed E-state index contributed by atoms with van der Waals surface area (Å²) in [4.78, 5) is 12.4. The molecule has 0 spiro atoms. The lowest BCUT2D eigenvalue weighted by Gasteiger charge is -2.46. The van der Waals surface area contributed by atoms with Crippen LogP contribution < -0.4 is 5.32 Å². The monoisotopic (exact) mass is 621 g/mol. The number of aliphatic hydroxyl groups is 3. The summed E-state index contributed by atoms with van der Waals surface area (Å²) < 4.78 is 77.1. The van der Waals surface area contributed by atoms with E-state index in [0.717, 1.165) is 30.5 Å². The molecule has 2 saturated carbocycles. The van der Waals surface area contributed by atoms with Gasteiger partial charge in [0, 0.05) is 23.6 Å². The lowest BCUT2D eigenvalue weighted by molar-refractivity contribution is -0.175. The predicted molar refractivity (Wildman–Crippen MR) is 143 cm³/mol. The number of aliphatic hydroxyl groups excluding tert-OH is 2. The Bertz CT molecular complexity index is 1500. The Morgan fingerprint density at radius 2 is 1.68 bits per heavy atom. The first-order valence-corrected chi connectivity index (χ1v) is 16.6. The average Bonchev–Trinajstić information content (AvgIpc) is 3.04. The molecule has 220 valence electrons. The SMILES string of the molecule is CS(=O)(=O)CCC(O)C(O)C1(O)C2CC[C@H]1CC(S(=O)(=O)c1cc(C(=O)Nc3ccc(F)c(F)c3)ccc1Cl)C2. The molecule has 0 radical (unpaired) electrons. The number of carbonyl (C=O) groups is 1. The van der Waals surface area contributed by atoms with Crippen molar-refractivity contribution in [3.8, 4) is 0 Å². The minimum absolute atomic E-state index is 0.0383. The van der Waals surface area contributed by atoms with E-state index in [2.05, 4.69) is 5.32 Å². The highest BCUT2D eigenvalue weighted by molar-refractivity contribution is 7.92. The molecule has 1 amide bonds. The Morgan fingerprint density at radius 1 is 1.05 bits per heavy atom. The molecule has 0 saturated heterocycles. The number of benzene rings is 2. The van der Waals surface area contributed by atoms with E-state index in [1.54, 1.807) is 0 Å². The Morgan fingerprint density at radius 3 is 2.25 bits per heavy atom. The van der Waals surface area contributed by atoms with E-state index in [9.17, 15) is 45.7 Å². The molecule has 0 aliphatic heterocycles. The van der Waals surface area contributed by atoms with Gasteiger partial charge in [-0.15, -0.1) is 0 Å². The van der Waals surface area contributed by atoms with E-state index >= 15 is 0 Å². The van der Waals surface area contributed by atoms with Crippen molar-refractivity contribution in [1.82, 2.24) is 0 Å². The second-order valence-electron chi connectivity index (χ2n) is 10.7. The van der Waals surface area contributed by atoms with Gasteiger partial charge in [0.15, 0.2) is 21.5 Å². The van der Waals surface area contributed by atoms with Crippen LogP contribution in [0.5, 0.6) is 0 Å². The summed E-state index contributed by atoms with van der Waals surface area (Å²) in [7, 11) is -7.56. The fourth-order valence-corrected chi connectivity index (χ4v) is 8.97. The lowest BCUT2D eigenvalue weighted by Crippen LogP contribution is -2.59. The summed E-state index contributed by atoms with van der Waals surface area (Å²) in [5, 5.41) is 34.0. The van der Waals surface area contributed by atoms with Crippen LogP contribution >= 0.6 is 11.6 Å². The first-order valence-electron chi connectivity index (χ1n) is 12.6. The maximum atomic E-state index is 13.7. The first kappa shape index (κ1) is 30.8. The van der Waals surface area contributed by atoms with Crippen molar-refractivity contribution in [2.45, 2.75) is 60.1 Å². The second-order valence-corrected chi connectivity index (χ2v) is 15.5. The minimum Gasteiger partial charge on any atom is -0.390 e. The van der Waals surface area contributed by atoms with Crippen molar-refractivity contribution in [1.29, 1.82) is 0 Å². The van der Waals surface area contributed by atoms with Crippen LogP contribution in [0, 0.1) is 23.5 Å². The molecule has 2 aliphatic rings. The van der Waals surface area contributed by atoms with Gasteiger partial charge in [0.2, 0.25) is 0 Å². The topological polar surface area (TPSA) is 158 Å². The molecule has 0 heterocycles. The van der Waals surface area contributed by atoms with Crippen molar-refractivity contribution >= 4 is 42.9 Å². The highest BCUT2D eigenvalue weighted by atomic mass is 35.5. The molecule has 9 nitrogen and oxygen atoms in total. The normalized spacial score (nSPS) is 26.3. The van der Waals surface area contributed by atoms with Gasteiger partial charge in [-0.3, -0.25) is 4.79 Å².